The predicted octanol–water partition coefficient (Wildman–Crippen LogP) is -0.0911. The van der Waals surface area contributed by atoms with Gasteiger partial charge in [0.2, 0.25) is 0 Å². The quantitative estimate of drug-likeness (QED) is 0.619. The third kappa shape index (κ3) is 4.23. The second kappa shape index (κ2) is 5.67. The van der Waals surface area contributed by atoms with Crippen molar-refractivity contribution in [2.45, 2.75) is 4.90 Å². The predicted molar refractivity (Wildman–Crippen MR) is 63.7 cm³/mol. The Morgan fingerprint density at radius 1 is 1.05 bits per heavy atom. The van der Waals surface area contributed by atoms with Crippen LogP contribution in [-0.2, 0) is 19.7 Å². The Morgan fingerprint density at radius 3 is 1.95 bits per heavy atom. The summed E-state index contributed by atoms with van der Waals surface area (Å²) in [5, 5.41) is 17.4. The maximum absolute atomic E-state index is 11.2. The molecule has 0 bridgehead atoms. The first-order valence-corrected chi connectivity index (χ1v) is 6.41. The van der Waals surface area contributed by atoms with Gasteiger partial charge in [-0.15, -0.1) is 0 Å². The minimum Gasteiger partial charge on any atom is -0.480 e. The molecule has 0 unspecified atom stereocenters. The smallest absolute Gasteiger partial charge is 0.323 e. The average molecular weight is 289 g/mol. The van der Waals surface area contributed by atoms with E-state index in [9.17, 15) is 18.0 Å². The van der Waals surface area contributed by atoms with E-state index in [4.69, 9.17) is 14.8 Å². The summed E-state index contributed by atoms with van der Waals surface area (Å²) < 4.78 is 31.4. The van der Waals surface area contributed by atoms with Gasteiger partial charge in [0, 0.05) is 0 Å². The van der Waals surface area contributed by atoms with E-state index in [0.29, 0.717) is 0 Å². The Kier molecular flexibility index (Phi) is 4.46. The number of carbonyl (C=O) groups is 2. The van der Waals surface area contributed by atoms with Crippen LogP contribution in [0.5, 0.6) is 0 Å². The molecule has 0 aromatic heterocycles. The van der Waals surface area contributed by atoms with Crippen LogP contribution in [0.25, 0.3) is 0 Å². The molecule has 0 saturated heterocycles. The van der Waals surface area contributed by atoms with Crippen molar-refractivity contribution in [1.29, 1.82) is 0 Å². The van der Waals surface area contributed by atoms with Gasteiger partial charge in [0.15, 0.2) is 0 Å². The van der Waals surface area contributed by atoms with Crippen molar-refractivity contribution in [3.63, 3.8) is 0 Å². The van der Waals surface area contributed by atoms with Crippen LogP contribution in [0.4, 0.5) is 5.69 Å². The number of aliphatic carboxylic acids is 2. The second-order valence-electron chi connectivity index (χ2n) is 3.59. The Hall–Kier alpha value is -2.13. The molecule has 3 N–H and O–H groups in total. The van der Waals surface area contributed by atoms with Crippen LogP contribution >= 0.6 is 0 Å². The fourth-order valence-corrected chi connectivity index (χ4v) is 2.20. The van der Waals surface area contributed by atoms with Gasteiger partial charge in [-0.2, -0.15) is 8.42 Å². The van der Waals surface area contributed by atoms with E-state index in [-0.39, 0.29) is 5.69 Å². The number of carboxylic acid groups (broad SMARTS) is 2. The van der Waals surface area contributed by atoms with Crippen molar-refractivity contribution in [3.8, 4) is 0 Å². The third-order valence-corrected chi connectivity index (χ3v) is 3.04. The molecule has 19 heavy (non-hydrogen) atoms. The van der Waals surface area contributed by atoms with E-state index in [1.165, 1.54) is 18.2 Å². The first-order chi connectivity index (χ1) is 8.71. The lowest BCUT2D eigenvalue weighted by Gasteiger charge is -2.22. The van der Waals surface area contributed by atoms with Crippen LogP contribution in [-0.4, -0.2) is 48.2 Å². The summed E-state index contributed by atoms with van der Waals surface area (Å²) in [7, 11) is -4.58. The summed E-state index contributed by atoms with van der Waals surface area (Å²) in [6.45, 7) is -1.42. The van der Waals surface area contributed by atoms with E-state index in [2.05, 4.69) is 0 Å². The van der Waals surface area contributed by atoms with E-state index < -0.39 is 40.0 Å². The van der Waals surface area contributed by atoms with Gasteiger partial charge in [0.05, 0.1) is 5.69 Å². The summed E-state index contributed by atoms with van der Waals surface area (Å²) in [6, 6.07) is 5.00. The third-order valence-electron chi connectivity index (χ3n) is 2.14. The van der Waals surface area contributed by atoms with Gasteiger partial charge in [-0.3, -0.25) is 14.1 Å². The SMILES string of the molecule is O=C(O)CN(CC(=O)O)c1ccccc1S(=O)(=O)O. The van der Waals surface area contributed by atoms with E-state index in [0.717, 1.165) is 11.0 Å². The summed E-state index contributed by atoms with van der Waals surface area (Å²) in [6.07, 6.45) is 0. The highest BCUT2D eigenvalue weighted by Gasteiger charge is 2.22. The number of carboxylic acids is 2. The van der Waals surface area contributed by atoms with Crippen molar-refractivity contribution < 1.29 is 32.8 Å². The molecule has 104 valence electrons. The fraction of sp³-hybridized carbons (Fsp3) is 0.200. The largest absolute Gasteiger partial charge is 0.480 e. The number of rotatable bonds is 6. The minimum atomic E-state index is -4.58. The van der Waals surface area contributed by atoms with Crippen LogP contribution in [0.2, 0.25) is 0 Å². The number of hydrogen-bond donors (Lipinski definition) is 3. The highest BCUT2D eigenvalue weighted by molar-refractivity contribution is 7.86. The Balaban J connectivity index is 3.29. The number of hydrogen-bond acceptors (Lipinski definition) is 5. The van der Waals surface area contributed by atoms with Gasteiger partial charge in [-0.25, -0.2) is 0 Å². The van der Waals surface area contributed by atoms with Crippen molar-refractivity contribution in [3.05, 3.63) is 24.3 Å². The van der Waals surface area contributed by atoms with Crippen molar-refractivity contribution >= 4 is 27.7 Å². The van der Waals surface area contributed by atoms with Gasteiger partial charge in [-0.1, -0.05) is 12.1 Å². The topological polar surface area (TPSA) is 132 Å². The molecule has 8 nitrogen and oxygen atoms in total. The zero-order valence-electron chi connectivity index (χ0n) is 9.55. The van der Waals surface area contributed by atoms with Crippen molar-refractivity contribution in [2.75, 3.05) is 18.0 Å². The summed E-state index contributed by atoms with van der Waals surface area (Å²) in [5.74, 6) is -2.65. The molecule has 0 heterocycles. The molecule has 9 heteroatoms. The van der Waals surface area contributed by atoms with E-state index in [1.807, 2.05) is 0 Å². The molecule has 0 aliphatic carbocycles. The second-order valence-corrected chi connectivity index (χ2v) is 4.98. The molecule has 0 aliphatic rings. The normalized spacial score (nSPS) is 11.0. The summed E-state index contributed by atoms with van der Waals surface area (Å²) in [5.41, 5.74) is -0.185. The Morgan fingerprint density at radius 2 is 1.53 bits per heavy atom. The summed E-state index contributed by atoms with van der Waals surface area (Å²) in [4.78, 5) is 21.6. The molecule has 1 aromatic rings. The number of nitrogens with zero attached hydrogens (tertiary/aromatic N) is 1. The first kappa shape index (κ1) is 14.9. The number of para-hydroxylation sites is 1. The minimum absolute atomic E-state index is 0.185. The summed E-state index contributed by atoms with van der Waals surface area (Å²) >= 11 is 0. The van der Waals surface area contributed by atoms with Crippen LogP contribution in [0.3, 0.4) is 0 Å². The molecule has 0 spiro atoms. The standard InChI is InChI=1S/C10H11NO7S/c12-9(13)5-11(6-10(14)15)7-3-1-2-4-8(7)19(16,17)18/h1-4H,5-6H2,(H,12,13)(H,14,15)(H,16,17,18). The maximum Gasteiger partial charge on any atom is 0.323 e. The molecule has 0 fully saturated rings. The molecule has 0 radical (unpaired) electrons. The number of benzene rings is 1. The van der Waals surface area contributed by atoms with Crippen LogP contribution < -0.4 is 4.90 Å². The van der Waals surface area contributed by atoms with Crippen molar-refractivity contribution in [2.24, 2.45) is 0 Å². The number of anilines is 1. The molecule has 1 rings (SSSR count). The van der Waals surface area contributed by atoms with Crippen LogP contribution in [0, 0.1) is 0 Å². The maximum atomic E-state index is 11.2. The zero-order valence-corrected chi connectivity index (χ0v) is 10.4. The highest BCUT2D eigenvalue weighted by atomic mass is 32.2. The van der Waals surface area contributed by atoms with Gasteiger partial charge < -0.3 is 15.1 Å². The van der Waals surface area contributed by atoms with Crippen LogP contribution in [0.15, 0.2) is 29.2 Å². The zero-order chi connectivity index (χ0) is 14.6. The van der Waals surface area contributed by atoms with Gasteiger partial charge in [-0.05, 0) is 12.1 Å². The van der Waals surface area contributed by atoms with E-state index >= 15 is 0 Å². The lowest BCUT2D eigenvalue weighted by Crippen LogP contribution is -2.35. The molecular formula is C10H11NO7S. The molecular weight excluding hydrogens is 278 g/mol. The van der Waals surface area contributed by atoms with Gasteiger partial charge >= 0.3 is 11.9 Å². The van der Waals surface area contributed by atoms with Gasteiger partial charge in [0.25, 0.3) is 10.1 Å². The molecule has 0 aliphatic heterocycles. The Labute approximate surface area is 108 Å². The first-order valence-electron chi connectivity index (χ1n) is 4.97. The molecule has 0 saturated carbocycles. The monoisotopic (exact) mass is 289 g/mol. The van der Waals surface area contributed by atoms with Crippen molar-refractivity contribution in [1.82, 2.24) is 0 Å². The van der Waals surface area contributed by atoms with E-state index in [1.54, 1.807) is 0 Å². The molecule has 0 atom stereocenters. The molecule has 1 aromatic carbocycles. The fourth-order valence-electron chi connectivity index (χ4n) is 1.49. The van der Waals surface area contributed by atoms with Gasteiger partial charge in [0.1, 0.15) is 18.0 Å². The Bertz CT molecular complexity index is 580. The molecule has 0 amide bonds. The van der Waals surface area contributed by atoms with Crippen LogP contribution in [0.1, 0.15) is 0 Å². The highest BCUT2D eigenvalue weighted by Crippen LogP contribution is 2.24. The lowest BCUT2D eigenvalue weighted by molar-refractivity contribution is -0.136. The lowest BCUT2D eigenvalue weighted by atomic mass is 10.3. The average Bonchev–Trinajstić information content (AvgIpc) is 2.25.